The van der Waals surface area contributed by atoms with Crippen LogP contribution in [0.1, 0.15) is 11.4 Å². The second kappa shape index (κ2) is 16.0. The average Bonchev–Trinajstić information content (AvgIpc) is 3.55. The van der Waals surface area contributed by atoms with Gasteiger partial charge in [0.25, 0.3) is 0 Å². The van der Waals surface area contributed by atoms with E-state index in [2.05, 4.69) is 30.7 Å². The van der Waals surface area contributed by atoms with Gasteiger partial charge in [-0.2, -0.15) is 20.4 Å². The molecule has 0 saturated carbocycles. The quantitative estimate of drug-likeness (QED) is 0.206. The molecule has 51 heavy (non-hydrogen) atoms. The zero-order valence-electron chi connectivity index (χ0n) is 26.7. The molecular weight excluding hydrogens is 743 g/mol. The minimum Gasteiger partial charge on any atom is -0.857 e. The largest absolute Gasteiger partial charge is 2.00 e. The second-order valence-electron chi connectivity index (χ2n) is 10.5. The van der Waals surface area contributed by atoms with Crippen molar-refractivity contribution in [3.63, 3.8) is 0 Å². The molecule has 16 nitrogen and oxygen atoms in total. The summed E-state index contributed by atoms with van der Waals surface area (Å²) < 4.78 is 47.4. The molecule has 2 heterocycles. The fourth-order valence-corrected chi connectivity index (χ4v) is 5.37. The summed E-state index contributed by atoms with van der Waals surface area (Å²) in [5.74, 6) is -0.762. The average molecular weight is 772 g/mol. The SMILES string of the molecule is Cc1nn(-c2ccccc2)c([O-])c1N=Nc1ccc(S(N)(=O)=O)cc1.Cc1nn(-c2ccccc2)c([O-])c1N=Nc1ccc(S(N)(=O)=O)cc1.[Co+2]. The Balaban J connectivity index is 0.000000224. The monoisotopic (exact) mass is 771 g/mol. The van der Waals surface area contributed by atoms with Crippen LogP contribution in [0.15, 0.2) is 139 Å². The van der Waals surface area contributed by atoms with Crippen LogP contribution in [0, 0.1) is 13.8 Å². The number of aromatic nitrogens is 4. The van der Waals surface area contributed by atoms with Crippen LogP contribution in [-0.2, 0) is 36.8 Å². The first-order chi connectivity index (χ1) is 23.7. The number of para-hydroxylation sites is 2. The number of benzene rings is 4. The predicted octanol–water partition coefficient (Wildman–Crippen LogP) is 4.63. The summed E-state index contributed by atoms with van der Waals surface area (Å²) in [6.45, 7) is 3.33. The molecule has 0 amide bonds. The van der Waals surface area contributed by atoms with E-state index in [0.29, 0.717) is 34.1 Å². The minimum absolute atomic E-state index is 0. The molecule has 0 unspecified atom stereocenters. The van der Waals surface area contributed by atoms with Gasteiger partial charge in [0.15, 0.2) is 0 Å². The maximum atomic E-state index is 12.4. The third-order valence-corrected chi connectivity index (χ3v) is 8.70. The standard InChI is InChI=1S/2C16H15N5O3S.Co/c2*1-11-15(16(22)21(20-11)13-5-3-2-4-6-13)19-18-12-7-9-14(10-8-12)25(17,23)24;/h2*2-10,22H,1H3,(H2,17,23,24);/q;;+2/p-2. The molecule has 6 rings (SSSR count). The van der Waals surface area contributed by atoms with E-state index < -0.39 is 20.0 Å². The Morgan fingerprint density at radius 2 is 0.843 bits per heavy atom. The first kappa shape index (κ1) is 38.2. The molecule has 1 radical (unpaired) electrons. The van der Waals surface area contributed by atoms with Gasteiger partial charge in [-0.15, -0.1) is 10.2 Å². The van der Waals surface area contributed by atoms with E-state index in [1.807, 2.05) is 12.1 Å². The number of nitrogens with two attached hydrogens (primary N) is 2. The molecular formula is C32H28CoN10O6S2. The molecule has 0 aliphatic carbocycles. The molecule has 263 valence electrons. The van der Waals surface area contributed by atoms with E-state index in [9.17, 15) is 27.0 Å². The number of nitrogens with zero attached hydrogens (tertiary/aromatic N) is 8. The van der Waals surface area contributed by atoms with Gasteiger partial charge < -0.3 is 10.2 Å². The van der Waals surface area contributed by atoms with Gasteiger partial charge in [-0.1, -0.05) is 36.4 Å². The van der Waals surface area contributed by atoms with Gasteiger partial charge in [0.1, 0.15) is 11.4 Å². The summed E-state index contributed by atoms with van der Waals surface area (Å²) >= 11 is 0. The van der Waals surface area contributed by atoms with Crippen molar-refractivity contribution in [3.8, 4) is 23.1 Å². The molecule has 6 aromatic rings. The first-order valence-corrected chi connectivity index (χ1v) is 17.5. The fourth-order valence-electron chi connectivity index (χ4n) is 4.33. The number of primary sulfonamides is 2. The molecule has 4 aromatic carbocycles. The predicted molar refractivity (Wildman–Crippen MR) is 179 cm³/mol. The number of hydrogen-bond acceptors (Lipinski definition) is 12. The first-order valence-electron chi connectivity index (χ1n) is 14.5. The number of hydrogen-bond donors (Lipinski definition) is 2. The molecule has 0 fully saturated rings. The number of azo groups is 2. The second-order valence-corrected chi connectivity index (χ2v) is 13.6. The molecule has 0 spiro atoms. The van der Waals surface area contributed by atoms with Crippen LogP contribution in [0.4, 0.5) is 22.7 Å². The third-order valence-electron chi connectivity index (χ3n) is 6.84. The Labute approximate surface area is 303 Å². The maximum absolute atomic E-state index is 12.4. The van der Waals surface area contributed by atoms with E-state index in [1.54, 1.807) is 62.4 Å². The van der Waals surface area contributed by atoms with Crippen molar-refractivity contribution in [1.29, 1.82) is 0 Å². The normalized spacial score (nSPS) is 11.7. The van der Waals surface area contributed by atoms with Gasteiger partial charge >= 0.3 is 16.8 Å². The van der Waals surface area contributed by atoms with Crippen LogP contribution in [0.5, 0.6) is 11.8 Å². The topological polar surface area (TPSA) is 252 Å². The molecule has 0 aliphatic rings. The molecule has 0 bridgehead atoms. The van der Waals surface area contributed by atoms with Crippen molar-refractivity contribution in [2.75, 3.05) is 0 Å². The van der Waals surface area contributed by atoms with Crippen LogP contribution in [0.3, 0.4) is 0 Å². The molecule has 0 saturated heterocycles. The zero-order chi connectivity index (χ0) is 36.1. The van der Waals surface area contributed by atoms with Crippen LogP contribution in [-0.4, -0.2) is 36.4 Å². The zero-order valence-corrected chi connectivity index (χ0v) is 29.4. The van der Waals surface area contributed by atoms with Gasteiger partial charge in [0.2, 0.25) is 20.0 Å². The molecule has 4 N–H and O–H groups in total. The maximum Gasteiger partial charge on any atom is 2.00 e. The molecule has 0 aliphatic heterocycles. The van der Waals surface area contributed by atoms with Gasteiger partial charge in [-0.25, -0.2) is 36.5 Å². The Morgan fingerprint density at radius 1 is 0.529 bits per heavy atom. The summed E-state index contributed by atoms with van der Waals surface area (Å²) in [5.41, 5.74) is 3.18. The summed E-state index contributed by atoms with van der Waals surface area (Å²) in [6.07, 6.45) is 0. The van der Waals surface area contributed by atoms with Crippen LogP contribution in [0.2, 0.25) is 0 Å². The van der Waals surface area contributed by atoms with Crippen molar-refractivity contribution >= 4 is 42.8 Å². The summed E-state index contributed by atoms with van der Waals surface area (Å²) in [7, 11) is -7.53. The van der Waals surface area contributed by atoms with Crippen molar-refractivity contribution in [1.82, 2.24) is 19.6 Å². The van der Waals surface area contributed by atoms with E-state index in [-0.39, 0.29) is 49.7 Å². The summed E-state index contributed by atoms with van der Waals surface area (Å²) in [4.78, 5) is -0.0481. The summed E-state index contributed by atoms with van der Waals surface area (Å²) in [5, 5.41) is 59.2. The smallest absolute Gasteiger partial charge is 0.857 e. The van der Waals surface area contributed by atoms with E-state index >= 15 is 0 Å². The van der Waals surface area contributed by atoms with Crippen molar-refractivity contribution in [2.24, 2.45) is 30.7 Å². The number of rotatable bonds is 8. The molecule has 19 heteroatoms. The van der Waals surface area contributed by atoms with Crippen LogP contribution in [0.25, 0.3) is 11.4 Å². The number of sulfonamides is 2. The van der Waals surface area contributed by atoms with E-state index in [1.165, 1.54) is 57.9 Å². The molecule has 2 aromatic heterocycles. The fraction of sp³-hybridized carbons (Fsp3) is 0.0625. The van der Waals surface area contributed by atoms with E-state index in [4.69, 9.17) is 10.3 Å². The van der Waals surface area contributed by atoms with Crippen LogP contribution >= 0.6 is 0 Å². The summed E-state index contributed by atoms with van der Waals surface area (Å²) in [6, 6.07) is 29.0. The van der Waals surface area contributed by atoms with Crippen molar-refractivity contribution < 1.29 is 43.8 Å². The number of aryl methyl sites for hydroxylation is 2. The Hall–Kier alpha value is -5.57. The third kappa shape index (κ3) is 9.36. The molecule has 0 atom stereocenters. The Kier molecular flexibility index (Phi) is 12.0. The Morgan fingerprint density at radius 3 is 1.14 bits per heavy atom. The van der Waals surface area contributed by atoms with Gasteiger partial charge in [0, 0.05) is 11.8 Å². The van der Waals surface area contributed by atoms with Gasteiger partial charge in [0.05, 0.1) is 43.9 Å². The Bertz CT molecular complexity index is 2230. The van der Waals surface area contributed by atoms with Gasteiger partial charge in [-0.3, -0.25) is 0 Å². The van der Waals surface area contributed by atoms with E-state index in [0.717, 1.165) is 0 Å². The van der Waals surface area contributed by atoms with Crippen molar-refractivity contribution in [3.05, 3.63) is 121 Å². The van der Waals surface area contributed by atoms with Crippen LogP contribution < -0.4 is 20.5 Å². The minimum atomic E-state index is -3.76. The van der Waals surface area contributed by atoms with Gasteiger partial charge in [-0.05, 0) is 86.6 Å². The van der Waals surface area contributed by atoms with Crippen molar-refractivity contribution in [2.45, 2.75) is 23.6 Å².